The Morgan fingerprint density at radius 2 is 1.91 bits per heavy atom. The van der Waals surface area contributed by atoms with Crippen molar-refractivity contribution < 1.29 is 28.6 Å². The van der Waals surface area contributed by atoms with Crippen molar-refractivity contribution in [3.05, 3.63) is 76.4 Å². The van der Waals surface area contributed by atoms with E-state index in [1.165, 1.54) is 16.6 Å². The van der Waals surface area contributed by atoms with Gasteiger partial charge in [0, 0.05) is 47.2 Å². The number of hydrogen-bond donors (Lipinski definition) is 3. The monoisotopic (exact) mass is 589 g/mol. The van der Waals surface area contributed by atoms with Crippen LogP contribution in [0.1, 0.15) is 66.2 Å². The number of carboxylic acids is 1. The highest BCUT2D eigenvalue weighted by molar-refractivity contribution is 5.93. The SMILES string of the molecule is Cc1nc2cc(C(=O)NCCNc3ccccc3)nn2c(-c2cc(F)c3c(c2C)CCCO3)c1C(OC(C)(C)C)C(=O)O. The van der Waals surface area contributed by atoms with Gasteiger partial charge in [-0.2, -0.15) is 5.10 Å². The van der Waals surface area contributed by atoms with Crippen LogP contribution in [0.4, 0.5) is 10.1 Å². The zero-order chi connectivity index (χ0) is 30.9. The topological polar surface area (TPSA) is 127 Å². The second-order valence-electron chi connectivity index (χ2n) is 11.5. The highest BCUT2D eigenvalue weighted by atomic mass is 19.1. The molecule has 5 rings (SSSR count). The lowest BCUT2D eigenvalue weighted by Gasteiger charge is -2.28. The summed E-state index contributed by atoms with van der Waals surface area (Å²) < 4.78 is 28.6. The molecule has 0 fully saturated rings. The number of benzene rings is 2. The molecule has 226 valence electrons. The molecule has 3 heterocycles. The van der Waals surface area contributed by atoms with Crippen LogP contribution < -0.4 is 15.4 Å². The van der Waals surface area contributed by atoms with Gasteiger partial charge in [-0.3, -0.25) is 4.79 Å². The Bertz CT molecular complexity index is 1680. The number of carbonyl (C=O) groups excluding carboxylic acids is 1. The second kappa shape index (κ2) is 12.0. The molecule has 10 nitrogen and oxygen atoms in total. The fourth-order valence-electron chi connectivity index (χ4n) is 5.34. The van der Waals surface area contributed by atoms with Crippen LogP contribution in [0.25, 0.3) is 16.9 Å². The van der Waals surface area contributed by atoms with E-state index in [0.717, 1.165) is 23.2 Å². The number of ether oxygens (including phenoxy) is 2. The van der Waals surface area contributed by atoms with Crippen LogP contribution in [-0.2, 0) is 16.0 Å². The van der Waals surface area contributed by atoms with E-state index in [1.54, 1.807) is 27.7 Å². The van der Waals surface area contributed by atoms with Crippen molar-refractivity contribution in [2.24, 2.45) is 0 Å². The summed E-state index contributed by atoms with van der Waals surface area (Å²) in [6.45, 7) is 10.1. The van der Waals surface area contributed by atoms with Crippen LogP contribution in [0.3, 0.4) is 0 Å². The van der Waals surface area contributed by atoms with Crippen LogP contribution >= 0.6 is 0 Å². The molecular formula is C32H36FN5O5. The molecule has 4 aromatic rings. The number of aromatic nitrogens is 3. The van der Waals surface area contributed by atoms with E-state index in [9.17, 15) is 14.7 Å². The number of rotatable bonds is 9. The Balaban J connectivity index is 1.61. The number of halogens is 1. The van der Waals surface area contributed by atoms with Crippen molar-refractivity contribution in [1.29, 1.82) is 0 Å². The van der Waals surface area contributed by atoms with Gasteiger partial charge in [0.1, 0.15) is 0 Å². The average molecular weight is 590 g/mol. The van der Waals surface area contributed by atoms with Crippen LogP contribution in [0.5, 0.6) is 5.75 Å². The van der Waals surface area contributed by atoms with Crippen molar-refractivity contribution in [3.63, 3.8) is 0 Å². The van der Waals surface area contributed by atoms with E-state index in [2.05, 4.69) is 20.7 Å². The normalized spacial score (nSPS) is 13.7. The molecule has 0 aliphatic carbocycles. The van der Waals surface area contributed by atoms with Gasteiger partial charge in [-0.15, -0.1) is 0 Å². The van der Waals surface area contributed by atoms with Crippen molar-refractivity contribution in [2.45, 2.75) is 59.2 Å². The number of carbonyl (C=O) groups is 2. The number of para-hydroxylation sites is 1. The van der Waals surface area contributed by atoms with E-state index < -0.39 is 29.4 Å². The third-order valence-corrected chi connectivity index (χ3v) is 7.22. The maximum absolute atomic E-state index is 15.5. The highest BCUT2D eigenvalue weighted by Crippen LogP contribution is 2.41. The zero-order valence-corrected chi connectivity index (χ0v) is 25.0. The van der Waals surface area contributed by atoms with E-state index in [0.29, 0.717) is 48.7 Å². The maximum Gasteiger partial charge on any atom is 0.337 e. The lowest BCUT2D eigenvalue weighted by Crippen LogP contribution is -2.29. The molecule has 0 spiro atoms. The summed E-state index contributed by atoms with van der Waals surface area (Å²) in [5.74, 6) is -1.99. The summed E-state index contributed by atoms with van der Waals surface area (Å²) in [4.78, 5) is 30.4. The first-order valence-corrected chi connectivity index (χ1v) is 14.3. The molecule has 11 heteroatoms. The molecule has 0 bridgehead atoms. The minimum absolute atomic E-state index is 0.0908. The molecular weight excluding hydrogens is 553 g/mol. The fourth-order valence-corrected chi connectivity index (χ4v) is 5.34. The Morgan fingerprint density at radius 3 is 2.60 bits per heavy atom. The molecule has 2 aromatic heterocycles. The van der Waals surface area contributed by atoms with Gasteiger partial charge in [-0.1, -0.05) is 18.2 Å². The number of nitrogens with one attached hydrogen (secondary N) is 2. The number of carboxylic acid groups (broad SMARTS) is 1. The first kappa shape index (κ1) is 30.0. The molecule has 1 aliphatic heterocycles. The van der Waals surface area contributed by atoms with Crippen molar-refractivity contribution in [1.82, 2.24) is 19.9 Å². The molecule has 0 saturated heterocycles. The van der Waals surface area contributed by atoms with Gasteiger partial charge in [-0.05, 0) is 71.2 Å². The van der Waals surface area contributed by atoms with Crippen molar-refractivity contribution in [2.75, 3.05) is 25.0 Å². The summed E-state index contributed by atoms with van der Waals surface area (Å²) in [5.41, 5.74) is 3.30. The zero-order valence-electron chi connectivity index (χ0n) is 25.0. The van der Waals surface area contributed by atoms with Gasteiger partial charge >= 0.3 is 5.97 Å². The summed E-state index contributed by atoms with van der Waals surface area (Å²) in [5, 5.41) is 21.0. The van der Waals surface area contributed by atoms with Crippen LogP contribution in [-0.4, -0.2) is 56.9 Å². The summed E-state index contributed by atoms with van der Waals surface area (Å²) in [7, 11) is 0. The van der Waals surface area contributed by atoms with Gasteiger partial charge in [0.2, 0.25) is 0 Å². The third kappa shape index (κ3) is 6.31. The number of hydrogen-bond acceptors (Lipinski definition) is 7. The Hall–Kier alpha value is -4.51. The predicted octanol–water partition coefficient (Wildman–Crippen LogP) is 5.26. The lowest BCUT2D eigenvalue weighted by molar-refractivity contribution is -0.160. The number of fused-ring (bicyclic) bond motifs is 2. The second-order valence-corrected chi connectivity index (χ2v) is 11.5. The summed E-state index contributed by atoms with van der Waals surface area (Å²) >= 11 is 0. The van der Waals surface area contributed by atoms with E-state index >= 15 is 4.39 Å². The van der Waals surface area contributed by atoms with Gasteiger partial charge < -0.3 is 25.2 Å². The Morgan fingerprint density at radius 1 is 1.16 bits per heavy atom. The number of aryl methyl sites for hydroxylation is 1. The fraction of sp³-hybridized carbons (Fsp3) is 0.375. The van der Waals surface area contributed by atoms with Crippen LogP contribution in [0, 0.1) is 19.7 Å². The number of aliphatic carboxylic acids is 1. The molecule has 2 aromatic carbocycles. The smallest absolute Gasteiger partial charge is 0.337 e. The Labute approximate surface area is 249 Å². The molecule has 0 radical (unpaired) electrons. The molecule has 3 N–H and O–H groups in total. The van der Waals surface area contributed by atoms with E-state index in [-0.39, 0.29) is 17.0 Å². The quantitative estimate of drug-likeness (QED) is 0.226. The first-order chi connectivity index (χ1) is 20.4. The van der Waals surface area contributed by atoms with Gasteiger partial charge in [-0.25, -0.2) is 18.7 Å². The predicted molar refractivity (Wildman–Crippen MR) is 160 cm³/mol. The minimum Gasteiger partial charge on any atom is -0.490 e. The largest absolute Gasteiger partial charge is 0.490 e. The maximum atomic E-state index is 15.5. The van der Waals surface area contributed by atoms with Crippen LogP contribution in [0.15, 0.2) is 42.5 Å². The van der Waals surface area contributed by atoms with Gasteiger partial charge in [0.25, 0.3) is 5.91 Å². The summed E-state index contributed by atoms with van der Waals surface area (Å²) in [6, 6.07) is 12.5. The minimum atomic E-state index is -1.44. The molecule has 43 heavy (non-hydrogen) atoms. The molecule has 1 aliphatic rings. The Kier molecular flexibility index (Phi) is 8.36. The third-order valence-electron chi connectivity index (χ3n) is 7.22. The molecule has 1 amide bonds. The van der Waals surface area contributed by atoms with Gasteiger partial charge in [0.05, 0.1) is 17.9 Å². The molecule has 1 unspecified atom stereocenters. The summed E-state index contributed by atoms with van der Waals surface area (Å²) in [6.07, 6.45) is -0.101. The van der Waals surface area contributed by atoms with Crippen LogP contribution in [0.2, 0.25) is 0 Å². The lowest BCUT2D eigenvalue weighted by atomic mass is 9.91. The standard InChI is InChI=1S/C32H36FN5O5/c1-18-21-12-9-15-42-28(21)23(33)16-22(18)27-26(29(31(40)41)43-32(3,4)5)19(2)36-25-17-24(37-38(25)27)30(39)35-14-13-34-20-10-7-6-8-11-20/h6-8,10-11,16-17,29,34H,9,12-15H2,1-5H3,(H,35,39)(H,40,41). The van der Waals surface area contributed by atoms with Crippen molar-refractivity contribution in [3.8, 4) is 17.0 Å². The van der Waals surface area contributed by atoms with E-state index in [4.69, 9.17) is 9.47 Å². The molecule has 0 saturated carbocycles. The molecule has 1 atom stereocenters. The number of amides is 1. The van der Waals surface area contributed by atoms with Gasteiger partial charge in [0.15, 0.2) is 29.0 Å². The number of anilines is 1. The first-order valence-electron chi connectivity index (χ1n) is 14.3. The average Bonchev–Trinajstić information content (AvgIpc) is 3.39. The van der Waals surface area contributed by atoms with Crippen molar-refractivity contribution >= 4 is 23.2 Å². The van der Waals surface area contributed by atoms with E-state index in [1.807, 2.05) is 37.3 Å². The highest BCUT2D eigenvalue weighted by Gasteiger charge is 2.34. The number of nitrogens with zero attached hydrogens (tertiary/aromatic N) is 3.